The molecule has 0 bridgehead atoms. The highest BCUT2D eigenvalue weighted by Crippen LogP contribution is 2.23. The molecule has 0 unspecified atom stereocenters. The minimum atomic E-state index is -3.77. The van der Waals surface area contributed by atoms with Crippen LogP contribution in [0.2, 0.25) is 0 Å². The molecule has 8 nitrogen and oxygen atoms in total. The van der Waals surface area contributed by atoms with Crippen LogP contribution < -0.4 is 10.0 Å². The molecule has 0 radical (unpaired) electrons. The predicted molar refractivity (Wildman–Crippen MR) is 111 cm³/mol. The van der Waals surface area contributed by atoms with Crippen molar-refractivity contribution in [3.8, 4) is 0 Å². The molecule has 0 atom stereocenters. The standard InChI is InChI=1S/C21H22N2O6S/c1-13-9-14(2)11-16(10-13)23-30(26,27)17-7-5-15(6-8-17)22-12-18-19(24)28-21(3,4)29-20(18)25/h5-12,22-23H,1-4H3. The van der Waals surface area contributed by atoms with Crippen molar-refractivity contribution in [2.45, 2.75) is 38.4 Å². The van der Waals surface area contributed by atoms with E-state index < -0.39 is 27.7 Å². The van der Waals surface area contributed by atoms with Gasteiger partial charge in [-0.2, -0.15) is 0 Å². The van der Waals surface area contributed by atoms with Crippen LogP contribution >= 0.6 is 0 Å². The Labute approximate surface area is 174 Å². The molecule has 0 saturated carbocycles. The maximum atomic E-state index is 12.6. The average Bonchev–Trinajstić information content (AvgIpc) is 2.59. The van der Waals surface area contributed by atoms with Crippen molar-refractivity contribution < 1.29 is 27.5 Å². The third-order valence-corrected chi connectivity index (χ3v) is 5.54. The molecule has 1 saturated heterocycles. The maximum absolute atomic E-state index is 12.6. The molecule has 0 aromatic heterocycles. The fraction of sp³-hybridized carbons (Fsp3) is 0.238. The van der Waals surface area contributed by atoms with Gasteiger partial charge in [0, 0.05) is 31.4 Å². The van der Waals surface area contributed by atoms with E-state index in [1.165, 1.54) is 38.1 Å². The topological polar surface area (TPSA) is 111 Å². The molecule has 1 heterocycles. The normalized spacial score (nSPS) is 15.8. The predicted octanol–water partition coefficient (Wildman–Crippen LogP) is 3.24. The van der Waals surface area contributed by atoms with Crippen molar-refractivity contribution in [3.05, 3.63) is 65.4 Å². The SMILES string of the molecule is Cc1cc(C)cc(NS(=O)(=O)c2ccc(NC=C3C(=O)OC(C)(C)OC3=O)cc2)c1. The van der Waals surface area contributed by atoms with Crippen LogP contribution in [-0.2, 0) is 29.1 Å². The number of anilines is 2. The fourth-order valence-electron chi connectivity index (χ4n) is 2.91. The fourth-order valence-corrected chi connectivity index (χ4v) is 3.95. The number of carbonyl (C=O) groups excluding carboxylic acids is 2. The van der Waals surface area contributed by atoms with E-state index in [9.17, 15) is 18.0 Å². The summed E-state index contributed by atoms with van der Waals surface area (Å²) in [4.78, 5) is 23.9. The Balaban J connectivity index is 1.73. The number of hydrogen-bond donors (Lipinski definition) is 2. The molecule has 2 aromatic carbocycles. The molecule has 0 spiro atoms. The first-order valence-electron chi connectivity index (χ1n) is 9.10. The number of cyclic esters (lactones) is 2. The second-order valence-corrected chi connectivity index (χ2v) is 9.07. The third kappa shape index (κ3) is 4.98. The minimum absolute atomic E-state index is 0.0677. The van der Waals surface area contributed by atoms with Crippen molar-refractivity contribution in [3.63, 3.8) is 0 Å². The van der Waals surface area contributed by atoms with E-state index in [1.54, 1.807) is 12.1 Å². The lowest BCUT2D eigenvalue weighted by Gasteiger charge is -2.29. The summed E-state index contributed by atoms with van der Waals surface area (Å²) in [6.45, 7) is 6.69. The van der Waals surface area contributed by atoms with Gasteiger partial charge in [0.1, 0.15) is 0 Å². The number of sulfonamides is 1. The second-order valence-electron chi connectivity index (χ2n) is 7.39. The third-order valence-electron chi connectivity index (χ3n) is 4.14. The van der Waals surface area contributed by atoms with Gasteiger partial charge in [-0.3, -0.25) is 4.72 Å². The lowest BCUT2D eigenvalue weighted by Crippen LogP contribution is -2.42. The van der Waals surface area contributed by atoms with Crippen molar-refractivity contribution >= 4 is 33.3 Å². The smallest absolute Gasteiger partial charge is 0.350 e. The molecule has 30 heavy (non-hydrogen) atoms. The van der Waals surface area contributed by atoms with Crippen LogP contribution in [-0.4, -0.2) is 26.1 Å². The molecule has 9 heteroatoms. The van der Waals surface area contributed by atoms with Gasteiger partial charge in [-0.25, -0.2) is 18.0 Å². The van der Waals surface area contributed by atoms with Gasteiger partial charge in [0.15, 0.2) is 5.57 Å². The highest BCUT2D eigenvalue weighted by molar-refractivity contribution is 7.92. The van der Waals surface area contributed by atoms with Gasteiger partial charge >= 0.3 is 11.9 Å². The molecule has 2 N–H and O–H groups in total. The zero-order chi connectivity index (χ0) is 22.1. The second kappa shape index (κ2) is 7.83. The lowest BCUT2D eigenvalue weighted by atomic mass is 10.1. The molecule has 1 fully saturated rings. The van der Waals surface area contributed by atoms with Gasteiger partial charge in [-0.05, 0) is 61.4 Å². The Morgan fingerprint density at radius 2 is 1.40 bits per heavy atom. The number of esters is 2. The van der Waals surface area contributed by atoms with E-state index in [0.717, 1.165) is 17.3 Å². The number of hydrogen-bond acceptors (Lipinski definition) is 7. The monoisotopic (exact) mass is 430 g/mol. The molecule has 1 aliphatic rings. The molecule has 3 rings (SSSR count). The molecule has 2 aromatic rings. The zero-order valence-corrected chi connectivity index (χ0v) is 17.8. The van der Waals surface area contributed by atoms with Crippen LogP contribution in [0.5, 0.6) is 0 Å². The maximum Gasteiger partial charge on any atom is 0.350 e. The van der Waals surface area contributed by atoms with Crippen LogP contribution in [0.1, 0.15) is 25.0 Å². The molecule has 158 valence electrons. The van der Waals surface area contributed by atoms with E-state index in [2.05, 4.69) is 10.0 Å². The summed E-state index contributed by atoms with van der Waals surface area (Å²) in [6, 6.07) is 11.3. The van der Waals surface area contributed by atoms with Gasteiger partial charge in [0.05, 0.1) is 4.90 Å². The Morgan fingerprint density at radius 3 is 1.93 bits per heavy atom. The van der Waals surface area contributed by atoms with Crippen LogP contribution in [0, 0.1) is 13.8 Å². The Kier molecular flexibility index (Phi) is 5.58. The van der Waals surface area contributed by atoms with Crippen molar-refractivity contribution in [2.75, 3.05) is 10.0 Å². The first-order chi connectivity index (χ1) is 13.9. The quantitative estimate of drug-likeness (QED) is 0.426. The number of aryl methyl sites for hydroxylation is 2. The van der Waals surface area contributed by atoms with Crippen LogP contribution in [0.4, 0.5) is 11.4 Å². The first kappa shape index (κ1) is 21.4. The highest BCUT2D eigenvalue weighted by Gasteiger charge is 2.38. The van der Waals surface area contributed by atoms with E-state index in [0.29, 0.717) is 11.4 Å². The number of benzene rings is 2. The summed E-state index contributed by atoms with van der Waals surface area (Å²) in [5.41, 5.74) is 2.56. The average molecular weight is 430 g/mol. The van der Waals surface area contributed by atoms with E-state index in [4.69, 9.17) is 9.47 Å². The summed E-state index contributed by atoms with van der Waals surface area (Å²) in [6.07, 6.45) is 1.16. The number of carbonyl (C=O) groups is 2. The summed E-state index contributed by atoms with van der Waals surface area (Å²) >= 11 is 0. The number of ether oxygens (including phenoxy) is 2. The first-order valence-corrected chi connectivity index (χ1v) is 10.6. The summed E-state index contributed by atoms with van der Waals surface area (Å²) in [5, 5.41) is 2.77. The van der Waals surface area contributed by atoms with E-state index in [1.807, 2.05) is 19.9 Å². The van der Waals surface area contributed by atoms with E-state index >= 15 is 0 Å². The van der Waals surface area contributed by atoms with Crippen molar-refractivity contribution in [1.29, 1.82) is 0 Å². The van der Waals surface area contributed by atoms with Gasteiger partial charge in [-0.1, -0.05) is 6.07 Å². The summed E-state index contributed by atoms with van der Waals surface area (Å²) < 4.78 is 37.8. The minimum Gasteiger partial charge on any atom is -0.419 e. The molecule has 0 amide bonds. The number of rotatable bonds is 5. The van der Waals surface area contributed by atoms with Gasteiger partial charge < -0.3 is 14.8 Å². The summed E-state index contributed by atoms with van der Waals surface area (Å²) in [5.74, 6) is -2.93. The molecular weight excluding hydrogens is 408 g/mol. The Morgan fingerprint density at radius 1 is 0.867 bits per heavy atom. The van der Waals surface area contributed by atoms with Crippen LogP contribution in [0.15, 0.2) is 59.1 Å². The van der Waals surface area contributed by atoms with Crippen molar-refractivity contribution in [1.82, 2.24) is 0 Å². The molecule has 0 aliphatic carbocycles. The van der Waals surface area contributed by atoms with Gasteiger partial charge in [0.25, 0.3) is 15.8 Å². The Hall–Kier alpha value is -3.33. The van der Waals surface area contributed by atoms with Gasteiger partial charge in [-0.15, -0.1) is 0 Å². The van der Waals surface area contributed by atoms with Crippen LogP contribution in [0.25, 0.3) is 0 Å². The zero-order valence-electron chi connectivity index (χ0n) is 17.0. The molecule has 1 aliphatic heterocycles. The number of nitrogens with one attached hydrogen (secondary N) is 2. The van der Waals surface area contributed by atoms with Crippen molar-refractivity contribution in [2.24, 2.45) is 0 Å². The lowest BCUT2D eigenvalue weighted by molar-refractivity contribution is -0.222. The highest BCUT2D eigenvalue weighted by atomic mass is 32.2. The summed E-state index contributed by atoms with van der Waals surface area (Å²) in [7, 11) is -3.77. The van der Waals surface area contributed by atoms with E-state index in [-0.39, 0.29) is 10.5 Å². The Bertz CT molecular complexity index is 1090. The van der Waals surface area contributed by atoms with Crippen LogP contribution in [0.3, 0.4) is 0 Å². The largest absolute Gasteiger partial charge is 0.419 e. The van der Waals surface area contributed by atoms with Gasteiger partial charge in [0.2, 0.25) is 0 Å². The molecular formula is C21H22N2O6S.